The van der Waals surface area contributed by atoms with Crippen molar-refractivity contribution >= 4 is 16.5 Å². The Morgan fingerprint density at radius 2 is 1.45 bits per heavy atom. The van der Waals surface area contributed by atoms with E-state index in [1.54, 1.807) is 27.4 Å². The van der Waals surface area contributed by atoms with E-state index in [4.69, 9.17) is 23.9 Å². The third-order valence-electron chi connectivity index (χ3n) is 4.35. The van der Waals surface area contributed by atoms with Crippen LogP contribution in [0.25, 0.3) is 21.7 Å². The average Bonchev–Trinajstić information content (AvgIpc) is 3.18. The molecule has 0 fully saturated rings. The van der Waals surface area contributed by atoms with Gasteiger partial charge in [0, 0.05) is 19.7 Å². The zero-order valence-electron chi connectivity index (χ0n) is 17.2. The number of ether oxygens (including phenoxy) is 4. The van der Waals surface area contributed by atoms with Gasteiger partial charge in [0.2, 0.25) is 5.75 Å². The van der Waals surface area contributed by atoms with Crippen LogP contribution < -0.4 is 23.8 Å². The first-order valence-electron chi connectivity index (χ1n) is 8.75. The molecule has 3 aromatic rings. The maximum Gasteiger partial charge on any atom is 0.203 e. The fourth-order valence-corrected chi connectivity index (χ4v) is 3.92. The summed E-state index contributed by atoms with van der Waals surface area (Å²) in [5, 5.41) is 0.792. The Kier molecular flexibility index (Phi) is 6.12. The van der Waals surface area contributed by atoms with Crippen molar-refractivity contribution in [2.75, 3.05) is 47.4 Å². The molecule has 0 unspecified atom stereocenters. The predicted octanol–water partition coefficient (Wildman–Crippen LogP) is 4.72. The lowest BCUT2D eigenvalue weighted by atomic mass is 10.1. The quantitative estimate of drug-likeness (QED) is 0.554. The van der Waals surface area contributed by atoms with Gasteiger partial charge in [-0.15, -0.1) is 0 Å². The standard InChI is InChI=1S/C21H23FN2O4S/c1-24(2)21-23-18(13-10-16(26-4)19(28-6)17(11-13)27-5)20(29-21)12-7-8-15(25-3)14(22)9-12/h7-11H,1-6H3. The van der Waals surface area contributed by atoms with Crippen LogP contribution in [-0.4, -0.2) is 47.5 Å². The molecule has 0 atom stereocenters. The van der Waals surface area contributed by atoms with E-state index in [-0.39, 0.29) is 5.75 Å². The summed E-state index contributed by atoms with van der Waals surface area (Å²) in [6.07, 6.45) is 0. The fraction of sp³-hybridized carbons (Fsp3) is 0.286. The molecule has 1 heterocycles. The largest absolute Gasteiger partial charge is 0.494 e. The summed E-state index contributed by atoms with van der Waals surface area (Å²) in [6.45, 7) is 0. The van der Waals surface area contributed by atoms with Gasteiger partial charge in [0.25, 0.3) is 0 Å². The van der Waals surface area contributed by atoms with E-state index in [1.807, 2.05) is 37.2 Å². The molecule has 0 bridgehead atoms. The molecule has 2 aromatic carbocycles. The van der Waals surface area contributed by atoms with Gasteiger partial charge in [-0.1, -0.05) is 11.3 Å². The van der Waals surface area contributed by atoms with E-state index in [0.717, 1.165) is 15.6 Å². The monoisotopic (exact) mass is 418 g/mol. The molecule has 154 valence electrons. The lowest BCUT2D eigenvalue weighted by molar-refractivity contribution is 0.324. The molecule has 0 N–H and O–H groups in total. The van der Waals surface area contributed by atoms with Gasteiger partial charge in [-0.2, -0.15) is 0 Å². The molecule has 0 aliphatic rings. The molecule has 0 saturated heterocycles. The van der Waals surface area contributed by atoms with Crippen LogP contribution in [0.15, 0.2) is 30.3 Å². The van der Waals surface area contributed by atoms with Crippen LogP contribution in [0.2, 0.25) is 0 Å². The third kappa shape index (κ3) is 3.93. The van der Waals surface area contributed by atoms with Gasteiger partial charge in [-0.25, -0.2) is 9.37 Å². The minimum Gasteiger partial charge on any atom is -0.494 e. The highest BCUT2D eigenvalue weighted by Crippen LogP contribution is 2.46. The van der Waals surface area contributed by atoms with Gasteiger partial charge in [0.05, 0.1) is 39.0 Å². The second-order valence-corrected chi connectivity index (χ2v) is 7.31. The number of thiazole rings is 1. The molecule has 8 heteroatoms. The lowest BCUT2D eigenvalue weighted by Crippen LogP contribution is -2.07. The van der Waals surface area contributed by atoms with E-state index in [0.29, 0.717) is 28.5 Å². The summed E-state index contributed by atoms with van der Waals surface area (Å²) in [5.74, 6) is 1.31. The predicted molar refractivity (Wildman–Crippen MR) is 113 cm³/mol. The number of nitrogens with zero attached hydrogens (tertiary/aromatic N) is 2. The second kappa shape index (κ2) is 8.57. The third-order valence-corrected chi connectivity index (χ3v) is 5.62. The van der Waals surface area contributed by atoms with Gasteiger partial charge in [-0.3, -0.25) is 0 Å². The van der Waals surface area contributed by atoms with Crippen LogP contribution >= 0.6 is 11.3 Å². The normalized spacial score (nSPS) is 10.6. The molecule has 0 aliphatic heterocycles. The molecule has 6 nitrogen and oxygen atoms in total. The number of methoxy groups -OCH3 is 4. The zero-order valence-corrected chi connectivity index (χ0v) is 18.0. The maximum atomic E-state index is 14.4. The zero-order chi connectivity index (χ0) is 21.1. The molecule has 0 radical (unpaired) electrons. The van der Waals surface area contributed by atoms with Crippen molar-refractivity contribution in [2.24, 2.45) is 0 Å². The average molecular weight is 418 g/mol. The number of benzene rings is 2. The summed E-state index contributed by atoms with van der Waals surface area (Å²) < 4.78 is 35.8. The molecular formula is C21H23FN2O4S. The minimum absolute atomic E-state index is 0.195. The highest BCUT2D eigenvalue weighted by molar-refractivity contribution is 7.19. The SMILES string of the molecule is COc1ccc(-c2sc(N(C)C)nc2-c2cc(OC)c(OC)c(OC)c2)cc1F. The van der Waals surface area contributed by atoms with E-state index in [2.05, 4.69) is 0 Å². The van der Waals surface area contributed by atoms with Gasteiger partial charge < -0.3 is 23.8 Å². The fourth-order valence-electron chi connectivity index (χ4n) is 2.92. The number of anilines is 1. The molecule has 3 rings (SSSR count). The van der Waals surface area contributed by atoms with E-state index < -0.39 is 5.82 Å². The Hall–Kier alpha value is -3.00. The number of halogens is 1. The van der Waals surface area contributed by atoms with Gasteiger partial charge in [0.1, 0.15) is 0 Å². The van der Waals surface area contributed by atoms with Crippen LogP contribution in [0.1, 0.15) is 0 Å². The van der Waals surface area contributed by atoms with Crippen molar-refractivity contribution in [3.8, 4) is 44.7 Å². The van der Waals surface area contributed by atoms with Crippen LogP contribution in [-0.2, 0) is 0 Å². The van der Waals surface area contributed by atoms with Crippen LogP contribution in [0, 0.1) is 5.82 Å². The van der Waals surface area contributed by atoms with E-state index in [9.17, 15) is 4.39 Å². The molecule has 0 aliphatic carbocycles. The molecule has 1 aromatic heterocycles. The van der Waals surface area contributed by atoms with Crippen LogP contribution in [0.4, 0.5) is 9.52 Å². The topological polar surface area (TPSA) is 53.1 Å². The van der Waals surface area contributed by atoms with Crippen LogP contribution in [0.5, 0.6) is 23.0 Å². The van der Waals surface area contributed by atoms with E-state index >= 15 is 0 Å². The Bertz CT molecular complexity index is 995. The van der Waals surface area contributed by atoms with Gasteiger partial charge >= 0.3 is 0 Å². The van der Waals surface area contributed by atoms with Crippen molar-refractivity contribution in [3.63, 3.8) is 0 Å². The summed E-state index contributed by atoms with van der Waals surface area (Å²) in [4.78, 5) is 7.51. The van der Waals surface area contributed by atoms with Gasteiger partial charge in [0.15, 0.2) is 28.2 Å². The Morgan fingerprint density at radius 1 is 0.828 bits per heavy atom. The van der Waals surface area contributed by atoms with Crippen molar-refractivity contribution in [1.29, 1.82) is 0 Å². The first kappa shape index (κ1) is 20.7. The molecule has 0 saturated carbocycles. The Labute approximate surface area is 173 Å². The molecule has 0 spiro atoms. The first-order valence-corrected chi connectivity index (χ1v) is 9.57. The summed E-state index contributed by atoms with van der Waals surface area (Å²) in [7, 11) is 9.95. The molecule has 0 amide bonds. The number of aromatic nitrogens is 1. The first-order chi connectivity index (χ1) is 13.9. The van der Waals surface area contributed by atoms with Gasteiger partial charge in [-0.05, 0) is 35.9 Å². The highest BCUT2D eigenvalue weighted by Gasteiger charge is 2.21. The highest BCUT2D eigenvalue weighted by atomic mass is 32.1. The summed E-state index contributed by atoms with van der Waals surface area (Å²) in [5.41, 5.74) is 2.18. The molecule has 29 heavy (non-hydrogen) atoms. The van der Waals surface area contributed by atoms with Crippen molar-refractivity contribution in [2.45, 2.75) is 0 Å². The maximum absolute atomic E-state index is 14.4. The summed E-state index contributed by atoms with van der Waals surface area (Å²) >= 11 is 1.47. The van der Waals surface area contributed by atoms with Crippen molar-refractivity contribution in [3.05, 3.63) is 36.1 Å². The van der Waals surface area contributed by atoms with Crippen LogP contribution in [0.3, 0.4) is 0 Å². The number of rotatable bonds is 7. The number of hydrogen-bond acceptors (Lipinski definition) is 7. The van der Waals surface area contributed by atoms with E-state index in [1.165, 1.54) is 24.5 Å². The van der Waals surface area contributed by atoms with Crippen molar-refractivity contribution in [1.82, 2.24) is 4.98 Å². The Morgan fingerprint density at radius 3 is 1.93 bits per heavy atom. The second-order valence-electron chi connectivity index (χ2n) is 6.33. The molecular weight excluding hydrogens is 395 g/mol. The minimum atomic E-state index is -0.430. The number of hydrogen-bond donors (Lipinski definition) is 0. The summed E-state index contributed by atoms with van der Waals surface area (Å²) in [6, 6.07) is 8.54. The lowest BCUT2D eigenvalue weighted by Gasteiger charge is -2.14. The Balaban J connectivity index is 2.23. The smallest absolute Gasteiger partial charge is 0.203 e. The van der Waals surface area contributed by atoms with Crippen molar-refractivity contribution < 1.29 is 23.3 Å².